The van der Waals surface area contributed by atoms with Crippen molar-refractivity contribution < 1.29 is 28.5 Å². The molecule has 0 bridgehead atoms. The summed E-state index contributed by atoms with van der Waals surface area (Å²) in [6.07, 6.45) is 2.71. The van der Waals surface area contributed by atoms with E-state index in [2.05, 4.69) is 39.8 Å². The number of thioether (sulfide) groups is 1. The summed E-state index contributed by atoms with van der Waals surface area (Å²) in [7, 11) is 6.75. The zero-order valence-electron chi connectivity index (χ0n) is 8.77. The van der Waals surface area contributed by atoms with Gasteiger partial charge in [0.05, 0.1) is 27.7 Å². The van der Waals surface area contributed by atoms with Gasteiger partial charge >= 0.3 is 0 Å². The summed E-state index contributed by atoms with van der Waals surface area (Å²) in [5, 5.41) is 0. The molecule has 0 saturated heterocycles. The van der Waals surface area contributed by atoms with Crippen molar-refractivity contribution >= 4 is 11.8 Å². The molecule has 0 aromatic rings. The average Bonchev–Trinajstić information content (AvgIpc) is 1.85. The van der Waals surface area contributed by atoms with E-state index in [-0.39, 0.29) is 24.0 Å². The second kappa shape index (κ2) is 8.63. The van der Waals surface area contributed by atoms with Crippen LogP contribution in [-0.4, -0.2) is 43.7 Å². The van der Waals surface area contributed by atoms with Crippen LogP contribution in [0.25, 0.3) is 0 Å². The highest BCUT2D eigenvalue weighted by molar-refractivity contribution is 7.99. The Bertz CT molecular complexity index is 91.0. The maximum absolute atomic E-state index is 2.25. The van der Waals surface area contributed by atoms with Gasteiger partial charge in [-0.05, 0) is 12.2 Å². The van der Waals surface area contributed by atoms with Gasteiger partial charge in [0.15, 0.2) is 0 Å². The second-order valence-electron chi connectivity index (χ2n) is 3.98. The molecule has 0 aliphatic rings. The maximum Gasteiger partial charge on any atom is 0.0872 e. The van der Waals surface area contributed by atoms with Crippen LogP contribution in [-0.2, 0) is 0 Å². The minimum Gasteiger partial charge on any atom is -1.00 e. The molecule has 12 heavy (non-hydrogen) atoms. The topological polar surface area (TPSA) is 0 Å². The van der Waals surface area contributed by atoms with Crippen LogP contribution < -0.4 is 24.0 Å². The predicted molar refractivity (Wildman–Crippen MR) is 55.1 cm³/mol. The molecule has 0 fully saturated rings. The fourth-order valence-electron chi connectivity index (χ4n) is 0.687. The molecule has 0 aromatic heterocycles. The molecule has 1 nitrogen and oxygen atoms in total. The lowest BCUT2D eigenvalue weighted by molar-refractivity contribution is -0.867. The van der Waals surface area contributed by atoms with Crippen LogP contribution >= 0.6 is 11.8 Å². The molecule has 0 aromatic carbocycles. The van der Waals surface area contributed by atoms with Crippen molar-refractivity contribution in [2.24, 2.45) is 0 Å². The number of halogens is 1. The molecular weight excluding hydrogens is 281 g/mol. The Balaban J connectivity index is 0. The molecule has 0 rings (SSSR count). The minimum absolute atomic E-state index is 0. The van der Waals surface area contributed by atoms with E-state index >= 15 is 0 Å². The molecule has 76 valence electrons. The third-order valence-corrected chi connectivity index (χ3v) is 2.60. The predicted octanol–water partition coefficient (Wildman–Crippen LogP) is -0.770. The first-order valence-electron chi connectivity index (χ1n) is 4.44. The molecule has 0 saturated carbocycles. The first-order chi connectivity index (χ1) is 5.06. The smallest absolute Gasteiger partial charge is 0.0872 e. The van der Waals surface area contributed by atoms with Crippen LogP contribution in [0, 0.1) is 0 Å². The normalized spacial score (nSPS) is 11.0. The van der Waals surface area contributed by atoms with E-state index in [0.29, 0.717) is 0 Å². The van der Waals surface area contributed by atoms with Crippen LogP contribution in [0.4, 0.5) is 0 Å². The van der Waals surface area contributed by atoms with Gasteiger partial charge in [-0.1, -0.05) is 13.3 Å². The van der Waals surface area contributed by atoms with Gasteiger partial charge in [0.25, 0.3) is 0 Å². The van der Waals surface area contributed by atoms with Crippen LogP contribution in [0.5, 0.6) is 0 Å². The van der Waals surface area contributed by atoms with Gasteiger partial charge in [0.2, 0.25) is 0 Å². The number of nitrogens with zero attached hydrogens (tertiary/aromatic N) is 1. The molecule has 0 spiro atoms. The lowest BCUT2D eigenvalue weighted by Crippen LogP contribution is -3.00. The molecule has 0 aliphatic carbocycles. The largest absolute Gasteiger partial charge is 1.00 e. The summed E-state index contributed by atoms with van der Waals surface area (Å²) in [5.41, 5.74) is 0. The van der Waals surface area contributed by atoms with Crippen molar-refractivity contribution in [2.45, 2.75) is 19.8 Å². The van der Waals surface area contributed by atoms with Gasteiger partial charge in [-0.3, -0.25) is 0 Å². The fourth-order valence-corrected chi connectivity index (χ4v) is 2.06. The summed E-state index contributed by atoms with van der Waals surface area (Å²) >= 11 is 2.09. The Labute approximate surface area is 98.9 Å². The molecule has 0 heterocycles. The third-order valence-electron chi connectivity index (χ3n) is 1.55. The maximum atomic E-state index is 2.25. The van der Waals surface area contributed by atoms with Crippen molar-refractivity contribution in [1.29, 1.82) is 0 Å². The average molecular weight is 303 g/mol. The van der Waals surface area contributed by atoms with Crippen molar-refractivity contribution in [1.82, 2.24) is 0 Å². The van der Waals surface area contributed by atoms with Gasteiger partial charge in [0.1, 0.15) is 0 Å². The SMILES string of the molecule is CCCCSCC[N+](C)(C)C.[I-]. The zero-order valence-corrected chi connectivity index (χ0v) is 11.7. The van der Waals surface area contributed by atoms with Crippen molar-refractivity contribution in [3.05, 3.63) is 0 Å². The van der Waals surface area contributed by atoms with Gasteiger partial charge in [-0.15, -0.1) is 0 Å². The summed E-state index contributed by atoms with van der Waals surface area (Å²) < 4.78 is 1.10. The molecular formula is C9H22INS. The number of hydrogen-bond acceptors (Lipinski definition) is 1. The van der Waals surface area contributed by atoms with E-state index in [0.717, 1.165) is 4.48 Å². The number of unbranched alkanes of at least 4 members (excludes halogenated alkanes) is 1. The van der Waals surface area contributed by atoms with Crippen LogP contribution in [0.2, 0.25) is 0 Å². The summed E-state index contributed by atoms with van der Waals surface area (Å²) in [4.78, 5) is 0. The molecule has 0 radical (unpaired) electrons. The quantitative estimate of drug-likeness (QED) is 0.353. The molecule has 0 unspecified atom stereocenters. The molecule has 0 aliphatic heterocycles. The van der Waals surface area contributed by atoms with Gasteiger partial charge < -0.3 is 28.5 Å². The highest BCUT2D eigenvalue weighted by Crippen LogP contribution is 2.05. The zero-order chi connectivity index (χ0) is 8.74. The Morgan fingerprint density at radius 2 is 1.67 bits per heavy atom. The lowest BCUT2D eigenvalue weighted by Gasteiger charge is -2.23. The monoisotopic (exact) mass is 303 g/mol. The highest BCUT2D eigenvalue weighted by Gasteiger charge is 2.04. The van der Waals surface area contributed by atoms with Crippen LogP contribution in [0.15, 0.2) is 0 Å². The van der Waals surface area contributed by atoms with E-state index < -0.39 is 0 Å². The molecule has 0 atom stereocenters. The van der Waals surface area contributed by atoms with Gasteiger partial charge in [0, 0.05) is 5.75 Å². The van der Waals surface area contributed by atoms with E-state index in [1.54, 1.807) is 0 Å². The summed E-state index contributed by atoms with van der Waals surface area (Å²) in [5.74, 6) is 2.65. The van der Waals surface area contributed by atoms with Crippen molar-refractivity contribution in [2.75, 3.05) is 39.2 Å². The van der Waals surface area contributed by atoms with E-state index in [1.807, 2.05) is 0 Å². The van der Waals surface area contributed by atoms with Gasteiger partial charge in [-0.25, -0.2) is 0 Å². The molecule has 0 N–H and O–H groups in total. The fraction of sp³-hybridized carbons (Fsp3) is 1.00. The van der Waals surface area contributed by atoms with Crippen LogP contribution in [0.3, 0.4) is 0 Å². The van der Waals surface area contributed by atoms with Gasteiger partial charge in [-0.2, -0.15) is 11.8 Å². The Morgan fingerprint density at radius 3 is 2.08 bits per heavy atom. The first kappa shape index (κ1) is 15.5. The van der Waals surface area contributed by atoms with Crippen molar-refractivity contribution in [3.8, 4) is 0 Å². The third kappa shape index (κ3) is 13.6. The number of rotatable bonds is 6. The highest BCUT2D eigenvalue weighted by atomic mass is 127. The number of quaternary nitrogens is 1. The lowest BCUT2D eigenvalue weighted by atomic mass is 10.4. The Morgan fingerprint density at radius 1 is 1.08 bits per heavy atom. The van der Waals surface area contributed by atoms with Crippen LogP contribution in [0.1, 0.15) is 19.8 Å². The standard InChI is InChI=1S/C9H22NS.HI/c1-5-6-8-11-9-7-10(2,3)4;/h5-9H2,1-4H3;1H/q+1;/p-1. The molecule has 0 amide bonds. The first-order valence-corrected chi connectivity index (χ1v) is 5.60. The Kier molecular flexibility index (Phi) is 11.2. The van der Waals surface area contributed by atoms with E-state index in [4.69, 9.17) is 0 Å². The van der Waals surface area contributed by atoms with E-state index in [9.17, 15) is 0 Å². The van der Waals surface area contributed by atoms with E-state index in [1.165, 1.54) is 30.9 Å². The molecule has 3 heteroatoms. The second-order valence-corrected chi connectivity index (χ2v) is 5.20. The van der Waals surface area contributed by atoms with Crippen molar-refractivity contribution in [3.63, 3.8) is 0 Å². The summed E-state index contributed by atoms with van der Waals surface area (Å²) in [6, 6.07) is 0. The Hall–Kier alpha value is 1.04. The minimum atomic E-state index is 0. The number of hydrogen-bond donors (Lipinski definition) is 0. The summed E-state index contributed by atoms with van der Waals surface area (Å²) in [6.45, 7) is 3.54.